The summed E-state index contributed by atoms with van der Waals surface area (Å²) in [6.45, 7) is 4.49. The molecule has 2 aromatic rings. The van der Waals surface area contributed by atoms with E-state index in [1.54, 1.807) is 53.4 Å². The summed E-state index contributed by atoms with van der Waals surface area (Å²) < 4.78 is 0. The lowest BCUT2D eigenvalue weighted by Gasteiger charge is -2.25. The SMILES string of the molecule is CCC(C)NC(=O)C1CCCN1C(=O)c1cccc(NC(=O)c2ccccc2Cl)c1. The van der Waals surface area contributed by atoms with Crippen molar-refractivity contribution in [1.82, 2.24) is 10.2 Å². The van der Waals surface area contributed by atoms with Gasteiger partial charge in [-0.05, 0) is 56.5 Å². The van der Waals surface area contributed by atoms with Crippen molar-refractivity contribution in [3.05, 3.63) is 64.7 Å². The maximum absolute atomic E-state index is 13.1. The van der Waals surface area contributed by atoms with E-state index in [9.17, 15) is 14.4 Å². The van der Waals surface area contributed by atoms with E-state index in [0.717, 1.165) is 12.8 Å². The van der Waals surface area contributed by atoms with Gasteiger partial charge in [0, 0.05) is 23.8 Å². The first-order chi connectivity index (χ1) is 14.4. The smallest absolute Gasteiger partial charge is 0.257 e. The highest BCUT2D eigenvalue weighted by Gasteiger charge is 2.34. The predicted octanol–water partition coefficient (Wildman–Crippen LogP) is 4.11. The van der Waals surface area contributed by atoms with Gasteiger partial charge < -0.3 is 15.5 Å². The fourth-order valence-electron chi connectivity index (χ4n) is 3.46. The van der Waals surface area contributed by atoms with E-state index >= 15 is 0 Å². The fourth-order valence-corrected chi connectivity index (χ4v) is 3.68. The number of hydrogen-bond acceptors (Lipinski definition) is 3. The molecule has 2 aromatic carbocycles. The molecule has 0 saturated carbocycles. The second-order valence-electron chi connectivity index (χ2n) is 7.49. The molecule has 30 heavy (non-hydrogen) atoms. The summed E-state index contributed by atoms with van der Waals surface area (Å²) in [6, 6.07) is 13.1. The predicted molar refractivity (Wildman–Crippen MR) is 118 cm³/mol. The number of carbonyl (C=O) groups is 3. The minimum Gasteiger partial charge on any atom is -0.352 e. The normalized spacial score (nSPS) is 16.8. The number of nitrogens with one attached hydrogen (secondary N) is 2. The molecule has 2 unspecified atom stereocenters. The summed E-state index contributed by atoms with van der Waals surface area (Å²) >= 11 is 6.09. The number of rotatable bonds is 6. The molecule has 2 N–H and O–H groups in total. The second kappa shape index (κ2) is 9.76. The molecule has 1 fully saturated rings. The molecule has 1 aliphatic heterocycles. The highest BCUT2D eigenvalue weighted by Crippen LogP contribution is 2.23. The summed E-state index contributed by atoms with van der Waals surface area (Å²) in [5.41, 5.74) is 1.28. The molecule has 2 atom stereocenters. The molecule has 0 aliphatic carbocycles. The summed E-state index contributed by atoms with van der Waals surface area (Å²) in [5, 5.41) is 6.10. The van der Waals surface area contributed by atoms with Crippen LogP contribution in [0.2, 0.25) is 5.02 Å². The van der Waals surface area contributed by atoms with Crippen molar-refractivity contribution >= 4 is 35.0 Å². The van der Waals surface area contributed by atoms with E-state index in [2.05, 4.69) is 10.6 Å². The van der Waals surface area contributed by atoms with Gasteiger partial charge in [0.25, 0.3) is 11.8 Å². The Morgan fingerprint density at radius 3 is 2.67 bits per heavy atom. The molecule has 3 amide bonds. The van der Waals surface area contributed by atoms with E-state index in [-0.39, 0.29) is 23.8 Å². The Balaban J connectivity index is 1.73. The minimum absolute atomic E-state index is 0.0680. The van der Waals surface area contributed by atoms with Gasteiger partial charge in [0.15, 0.2) is 0 Å². The first kappa shape index (κ1) is 21.8. The Kier molecular flexibility index (Phi) is 7.11. The maximum atomic E-state index is 13.1. The molecule has 0 bridgehead atoms. The van der Waals surface area contributed by atoms with Crippen LogP contribution in [0.3, 0.4) is 0 Å². The fraction of sp³-hybridized carbons (Fsp3) is 0.348. The zero-order valence-electron chi connectivity index (χ0n) is 17.2. The lowest BCUT2D eigenvalue weighted by molar-refractivity contribution is -0.125. The second-order valence-corrected chi connectivity index (χ2v) is 7.90. The van der Waals surface area contributed by atoms with Crippen molar-refractivity contribution in [3.63, 3.8) is 0 Å². The number of amides is 3. The summed E-state index contributed by atoms with van der Waals surface area (Å²) in [7, 11) is 0. The Labute approximate surface area is 181 Å². The van der Waals surface area contributed by atoms with Crippen LogP contribution in [0.5, 0.6) is 0 Å². The number of likely N-dealkylation sites (tertiary alicyclic amines) is 1. The third-order valence-electron chi connectivity index (χ3n) is 5.30. The van der Waals surface area contributed by atoms with Gasteiger partial charge in [0.2, 0.25) is 5.91 Å². The van der Waals surface area contributed by atoms with E-state index in [4.69, 9.17) is 11.6 Å². The van der Waals surface area contributed by atoms with Gasteiger partial charge in [0.05, 0.1) is 10.6 Å². The van der Waals surface area contributed by atoms with Crippen LogP contribution in [0.15, 0.2) is 48.5 Å². The van der Waals surface area contributed by atoms with Crippen molar-refractivity contribution in [2.75, 3.05) is 11.9 Å². The maximum Gasteiger partial charge on any atom is 0.257 e. The monoisotopic (exact) mass is 427 g/mol. The van der Waals surface area contributed by atoms with Crippen LogP contribution in [0, 0.1) is 0 Å². The molecule has 1 saturated heterocycles. The number of hydrogen-bond donors (Lipinski definition) is 2. The number of carbonyl (C=O) groups excluding carboxylic acids is 3. The zero-order valence-corrected chi connectivity index (χ0v) is 17.9. The summed E-state index contributed by atoms with van der Waals surface area (Å²) in [5.74, 6) is -0.679. The standard InChI is InChI=1S/C23H26ClN3O3/c1-3-15(2)25-22(29)20-12-7-13-27(20)23(30)16-8-6-9-17(14-16)26-21(28)18-10-4-5-11-19(18)24/h4-6,8-11,14-15,20H,3,7,12-13H2,1-2H3,(H,25,29)(H,26,28). The van der Waals surface area contributed by atoms with Gasteiger partial charge in [-0.15, -0.1) is 0 Å². The number of halogens is 1. The van der Waals surface area contributed by atoms with Crippen LogP contribution in [0.4, 0.5) is 5.69 Å². The van der Waals surface area contributed by atoms with Crippen LogP contribution in [0.1, 0.15) is 53.8 Å². The molecule has 7 heteroatoms. The van der Waals surface area contributed by atoms with Gasteiger partial charge >= 0.3 is 0 Å². The first-order valence-electron chi connectivity index (χ1n) is 10.2. The first-order valence-corrected chi connectivity index (χ1v) is 10.6. The molecule has 3 rings (SSSR count). The van der Waals surface area contributed by atoms with Gasteiger partial charge in [-0.3, -0.25) is 14.4 Å². The van der Waals surface area contributed by atoms with E-state index < -0.39 is 6.04 Å². The molecule has 1 heterocycles. The van der Waals surface area contributed by atoms with Gasteiger partial charge in [0.1, 0.15) is 6.04 Å². The molecular weight excluding hydrogens is 402 g/mol. The molecule has 158 valence electrons. The largest absolute Gasteiger partial charge is 0.352 e. The van der Waals surface area contributed by atoms with Gasteiger partial charge in [-0.25, -0.2) is 0 Å². The average molecular weight is 428 g/mol. The molecule has 0 aromatic heterocycles. The van der Waals surface area contributed by atoms with Gasteiger partial charge in [-0.1, -0.05) is 36.7 Å². The molecule has 0 radical (unpaired) electrons. The molecule has 6 nitrogen and oxygen atoms in total. The van der Waals surface area contributed by atoms with Crippen molar-refractivity contribution < 1.29 is 14.4 Å². The van der Waals surface area contributed by atoms with E-state index in [0.29, 0.717) is 34.8 Å². The average Bonchev–Trinajstić information content (AvgIpc) is 3.23. The zero-order chi connectivity index (χ0) is 21.7. The minimum atomic E-state index is -0.465. The Bertz CT molecular complexity index is 947. The topological polar surface area (TPSA) is 78.5 Å². The molecular formula is C23H26ClN3O3. The number of benzene rings is 2. The Morgan fingerprint density at radius 1 is 1.17 bits per heavy atom. The molecule has 1 aliphatic rings. The third kappa shape index (κ3) is 5.00. The van der Waals surface area contributed by atoms with Crippen molar-refractivity contribution in [1.29, 1.82) is 0 Å². The van der Waals surface area contributed by atoms with Crippen LogP contribution >= 0.6 is 11.6 Å². The van der Waals surface area contributed by atoms with E-state index in [1.165, 1.54) is 0 Å². The highest BCUT2D eigenvalue weighted by atomic mass is 35.5. The Morgan fingerprint density at radius 2 is 1.93 bits per heavy atom. The lowest BCUT2D eigenvalue weighted by atomic mass is 10.1. The quantitative estimate of drug-likeness (QED) is 0.728. The van der Waals surface area contributed by atoms with Crippen LogP contribution < -0.4 is 10.6 Å². The summed E-state index contributed by atoms with van der Waals surface area (Å²) in [6.07, 6.45) is 2.27. The van der Waals surface area contributed by atoms with Gasteiger partial charge in [-0.2, -0.15) is 0 Å². The Hall–Kier alpha value is -2.86. The van der Waals surface area contributed by atoms with E-state index in [1.807, 2.05) is 13.8 Å². The molecule has 0 spiro atoms. The van der Waals surface area contributed by atoms with Crippen molar-refractivity contribution in [2.24, 2.45) is 0 Å². The number of anilines is 1. The third-order valence-corrected chi connectivity index (χ3v) is 5.63. The summed E-state index contributed by atoms with van der Waals surface area (Å²) in [4.78, 5) is 39.8. The number of nitrogens with zero attached hydrogens (tertiary/aromatic N) is 1. The highest BCUT2D eigenvalue weighted by molar-refractivity contribution is 6.34. The van der Waals surface area contributed by atoms with Crippen LogP contribution in [0.25, 0.3) is 0 Å². The van der Waals surface area contributed by atoms with Crippen molar-refractivity contribution in [2.45, 2.75) is 45.2 Å². The van der Waals surface area contributed by atoms with Crippen LogP contribution in [-0.2, 0) is 4.79 Å². The van der Waals surface area contributed by atoms with Crippen LogP contribution in [-0.4, -0.2) is 41.2 Å². The van der Waals surface area contributed by atoms with Crippen molar-refractivity contribution in [3.8, 4) is 0 Å². The lowest BCUT2D eigenvalue weighted by Crippen LogP contribution is -2.48.